The van der Waals surface area contributed by atoms with Crippen molar-refractivity contribution < 1.29 is 13.2 Å². The van der Waals surface area contributed by atoms with Crippen molar-refractivity contribution in [2.75, 3.05) is 13.2 Å². The third kappa shape index (κ3) is 5.59. The Morgan fingerprint density at radius 3 is 2.14 bits per heavy atom. The van der Waals surface area contributed by atoms with Crippen molar-refractivity contribution in [3.8, 4) is 5.75 Å². The fourth-order valence-electron chi connectivity index (χ4n) is 1.81. The average molecular weight is 328 g/mol. The number of sulfonamides is 1. The minimum absolute atomic E-state index is 0.215. The summed E-state index contributed by atoms with van der Waals surface area (Å²) in [4.78, 5) is 0.215. The first-order chi connectivity index (χ1) is 10.1. The van der Waals surface area contributed by atoms with Crippen molar-refractivity contribution >= 4 is 10.0 Å². The minimum Gasteiger partial charge on any atom is -0.493 e. The highest BCUT2D eigenvalue weighted by atomic mass is 32.2. The topological polar surface area (TPSA) is 81.4 Å². The first-order valence-electron chi connectivity index (χ1n) is 7.51. The van der Waals surface area contributed by atoms with Crippen molar-refractivity contribution in [2.24, 2.45) is 17.1 Å². The van der Waals surface area contributed by atoms with Gasteiger partial charge >= 0.3 is 0 Å². The molecule has 126 valence electrons. The van der Waals surface area contributed by atoms with Gasteiger partial charge in [-0.15, -0.1) is 0 Å². The molecular weight excluding hydrogens is 300 g/mol. The van der Waals surface area contributed by atoms with E-state index in [0.29, 0.717) is 18.3 Å². The monoisotopic (exact) mass is 328 g/mol. The quantitative estimate of drug-likeness (QED) is 0.805. The largest absolute Gasteiger partial charge is 0.493 e. The first-order valence-corrected chi connectivity index (χ1v) is 9.00. The lowest BCUT2D eigenvalue weighted by molar-refractivity contribution is 0.271. The molecule has 1 atom stereocenters. The lowest BCUT2D eigenvalue weighted by atomic mass is 9.88. The lowest BCUT2D eigenvalue weighted by Gasteiger charge is -2.30. The van der Waals surface area contributed by atoms with Gasteiger partial charge in [-0.05, 0) is 35.6 Å². The van der Waals surface area contributed by atoms with Crippen LogP contribution in [-0.4, -0.2) is 27.6 Å². The number of benzene rings is 1. The molecule has 6 heteroatoms. The van der Waals surface area contributed by atoms with Gasteiger partial charge < -0.3 is 10.5 Å². The van der Waals surface area contributed by atoms with Crippen LogP contribution in [0.1, 0.15) is 34.6 Å². The van der Waals surface area contributed by atoms with Gasteiger partial charge in [0.1, 0.15) is 5.75 Å². The summed E-state index contributed by atoms with van der Waals surface area (Å²) in [7, 11) is -3.59. The summed E-state index contributed by atoms with van der Waals surface area (Å²) >= 11 is 0. The second-order valence-electron chi connectivity index (χ2n) is 6.95. The van der Waals surface area contributed by atoms with Crippen LogP contribution in [0, 0.1) is 11.3 Å². The summed E-state index contributed by atoms with van der Waals surface area (Å²) in [6.07, 6.45) is 0. The normalized spacial score (nSPS) is 14.1. The standard InChI is InChI=1S/C16H28N2O3S/c1-12(2)11-21-13-6-8-14(9-7-13)22(19,20)18-15(10-17)16(3,4)5/h6-9,12,15,18H,10-11,17H2,1-5H3. The fraction of sp³-hybridized carbons (Fsp3) is 0.625. The van der Waals surface area contributed by atoms with Crippen LogP contribution in [0.15, 0.2) is 29.2 Å². The van der Waals surface area contributed by atoms with E-state index in [0.717, 1.165) is 0 Å². The van der Waals surface area contributed by atoms with Crippen molar-refractivity contribution in [1.82, 2.24) is 4.72 Å². The maximum Gasteiger partial charge on any atom is 0.240 e. The number of ether oxygens (including phenoxy) is 1. The minimum atomic E-state index is -3.59. The van der Waals surface area contributed by atoms with E-state index in [9.17, 15) is 8.42 Å². The third-order valence-electron chi connectivity index (χ3n) is 3.30. The van der Waals surface area contributed by atoms with Crippen molar-refractivity contribution in [3.05, 3.63) is 24.3 Å². The highest BCUT2D eigenvalue weighted by Crippen LogP contribution is 2.22. The zero-order valence-electron chi connectivity index (χ0n) is 14.1. The molecule has 1 rings (SSSR count). The van der Waals surface area contributed by atoms with Crippen molar-refractivity contribution in [2.45, 2.75) is 45.6 Å². The number of hydrogen-bond donors (Lipinski definition) is 2. The maximum atomic E-state index is 12.4. The molecule has 0 amide bonds. The first kappa shape index (κ1) is 18.9. The van der Waals surface area contributed by atoms with Gasteiger partial charge in [-0.2, -0.15) is 0 Å². The predicted octanol–water partition coefficient (Wildman–Crippen LogP) is 2.37. The zero-order chi connectivity index (χ0) is 17.0. The lowest BCUT2D eigenvalue weighted by Crippen LogP contribution is -2.48. The Balaban J connectivity index is 2.85. The van der Waals surface area contributed by atoms with Gasteiger partial charge in [0.05, 0.1) is 11.5 Å². The highest BCUT2D eigenvalue weighted by molar-refractivity contribution is 7.89. The van der Waals surface area contributed by atoms with Crippen molar-refractivity contribution in [1.29, 1.82) is 0 Å². The van der Waals surface area contributed by atoms with Gasteiger partial charge in [0.25, 0.3) is 0 Å². The number of nitrogens with two attached hydrogens (primary N) is 1. The molecule has 1 unspecified atom stereocenters. The van der Waals surface area contributed by atoms with E-state index in [2.05, 4.69) is 18.6 Å². The number of rotatable bonds is 7. The van der Waals surface area contributed by atoms with Gasteiger partial charge in [-0.1, -0.05) is 34.6 Å². The van der Waals surface area contributed by atoms with Crippen LogP contribution in [-0.2, 0) is 10.0 Å². The van der Waals surface area contributed by atoms with E-state index in [1.165, 1.54) is 0 Å². The summed E-state index contributed by atoms with van der Waals surface area (Å²) < 4.78 is 33.1. The molecule has 0 saturated carbocycles. The number of nitrogens with one attached hydrogen (secondary N) is 1. The average Bonchev–Trinajstić information content (AvgIpc) is 2.41. The van der Waals surface area contributed by atoms with Crippen LogP contribution < -0.4 is 15.2 Å². The van der Waals surface area contributed by atoms with Crippen LogP contribution in [0.3, 0.4) is 0 Å². The van der Waals surface area contributed by atoms with Crippen LogP contribution in [0.4, 0.5) is 0 Å². The van der Waals surface area contributed by atoms with Crippen LogP contribution in [0.2, 0.25) is 0 Å². The Hall–Kier alpha value is -1.11. The second-order valence-corrected chi connectivity index (χ2v) is 8.67. The molecule has 0 aromatic heterocycles. The molecule has 0 aliphatic heterocycles. The van der Waals surface area contributed by atoms with E-state index in [-0.39, 0.29) is 22.9 Å². The summed E-state index contributed by atoms with van der Waals surface area (Å²) in [5.74, 6) is 1.08. The summed E-state index contributed by atoms with van der Waals surface area (Å²) in [6.45, 7) is 10.8. The molecule has 0 saturated heterocycles. The number of hydrogen-bond acceptors (Lipinski definition) is 4. The van der Waals surface area contributed by atoms with E-state index < -0.39 is 10.0 Å². The molecule has 5 nitrogen and oxygen atoms in total. The molecule has 3 N–H and O–H groups in total. The van der Waals surface area contributed by atoms with Gasteiger partial charge in [0, 0.05) is 12.6 Å². The molecule has 0 aliphatic rings. The Kier molecular flexibility index (Phi) is 6.40. The zero-order valence-corrected chi connectivity index (χ0v) is 14.9. The molecule has 1 aromatic rings. The Labute approximate surface area is 134 Å². The van der Waals surface area contributed by atoms with E-state index in [1.54, 1.807) is 24.3 Å². The van der Waals surface area contributed by atoms with Gasteiger partial charge in [0.2, 0.25) is 10.0 Å². The van der Waals surface area contributed by atoms with E-state index >= 15 is 0 Å². The molecule has 22 heavy (non-hydrogen) atoms. The van der Waals surface area contributed by atoms with Crippen LogP contribution in [0.5, 0.6) is 5.75 Å². The Bertz CT molecular complexity index is 560. The molecule has 0 radical (unpaired) electrons. The molecule has 0 fully saturated rings. The van der Waals surface area contributed by atoms with Crippen LogP contribution in [0.25, 0.3) is 0 Å². The smallest absolute Gasteiger partial charge is 0.240 e. The van der Waals surface area contributed by atoms with E-state index in [4.69, 9.17) is 10.5 Å². The molecule has 1 aromatic carbocycles. The molecule has 0 spiro atoms. The summed E-state index contributed by atoms with van der Waals surface area (Å²) in [6, 6.07) is 6.12. The van der Waals surface area contributed by atoms with Gasteiger partial charge in [0.15, 0.2) is 0 Å². The Morgan fingerprint density at radius 1 is 1.18 bits per heavy atom. The van der Waals surface area contributed by atoms with Crippen molar-refractivity contribution in [3.63, 3.8) is 0 Å². The second kappa shape index (κ2) is 7.44. The SMILES string of the molecule is CC(C)COc1ccc(S(=O)(=O)NC(CN)C(C)(C)C)cc1. The van der Waals surface area contributed by atoms with Gasteiger partial charge in [-0.3, -0.25) is 0 Å². The van der Waals surface area contributed by atoms with E-state index in [1.807, 2.05) is 20.8 Å². The molecule has 0 bridgehead atoms. The van der Waals surface area contributed by atoms with Gasteiger partial charge in [-0.25, -0.2) is 13.1 Å². The predicted molar refractivity (Wildman–Crippen MR) is 89.4 cm³/mol. The fourth-order valence-corrected chi connectivity index (χ4v) is 3.27. The Morgan fingerprint density at radius 2 is 1.73 bits per heavy atom. The molecular formula is C16H28N2O3S. The molecule has 0 heterocycles. The summed E-state index contributed by atoms with van der Waals surface area (Å²) in [5, 5.41) is 0. The third-order valence-corrected chi connectivity index (χ3v) is 4.78. The maximum absolute atomic E-state index is 12.4. The highest BCUT2D eigenvalue weighted by Gasteiger charge is 2.28. The molecule has 0 aliphatic carbocycles. The van der Waals surface area contributed by atoms with Crippen LogP contribution >= 0.6 is 0 Å². The summed E-state index contributed by atoms with van der Waals surface area (Å²) in [5.41, 5.74) is 5.44.